The zero-order valence-corrected chi connectivity index (χ0v) is 12.6. The standard InChI is InChI=1S/C15H19N3OS/c1-3-18-15(11(19-2)9-17-18)14(16)13-8-10-6-4-5-7-12(10)20-13/h4-7,9,13-14H,3,8,16H2,1-2H3. The SMILES string of the molecule is CCn1ncc(OC)c1C(N)C1Cc2ccccc2S1. The number of benzene rings is 1. The molecular formula is C15H19N3OS. The lowest BCUT2D eigenvalue weighted by molar-refractivity contribution is 0.400. The van der Waals surface area contributed by atoms with Crippen molar-refractivity contribution >= 4 is 11.8 Å². The predicted molar refractivity (Wildman–Crippen MR) is 81.2 cm³/mol. The summed E-state index contributed by atoms with van der Waals surface area (Å²) in [6.45, 7) is 2.87. The van der Waals surface area contributed by atoms with Crippen molar-refractivity contribution in [1.82, 2.24) is 9.78 Å². The van der Waals surface area contributed by atoms with Crippen molar-refractivity contribution in [2.75, 3.05) is 7.11 Å². The number of aryl methyl sites for hydroxylation is 1. The molecule has 106 valence electrons. The Morgan fingerprint density at radius 2 is 2.30 bits per heavy atom. The lowest BCUT2D eigenvalue weighted by atomic mass is 10.0. The Morgan fingerprint density at radius 1 is 1.50 bits per heavy atom. The number of rotatable bonds is 4. The second kappa shape index (κ2) is 5.50. The molecule has 5 heteroatoms. The van der Waals surface area contributed by atoms with Crippen LogP contribution in [-0.2, 0) is 13.0 Å². The van der Waals surface area contributed by atoms with Gasteiger partial charge in [0.25, 0.3) is 0 Å². The Balaban J connectivity index is 1.88. The van der Waals surface area contributed by atoms with Crippen molar-refractivity contribution in [1.29, 1.82) is 0 Å². The molecule has 0 radical (unpaired) electrons. The summed E-state index contributed by atoms with van der Waals surface area (Å²) < 4.78 is 7.35. The summed E-state index contributed by atoms with van der Waals surface area (Å²) in [5.41, 5.74) is 8.90. The first kappa shape index (κ1) is 13.5. The molecule has 20 heavy (non-hydrogen) atoms. The highest BCUT2D eigenvalue weighted by molar-refractivity contribution is 8.00. The summed E-state index contributed by atoms with van der Waals surface area (Å²) in [5, 5.41) is 4.69. The van der Waals surface area contributed by atoms with Crippen molar-refractivity contribution in [3.8, 4) is 5.75 Å². The fourth-order valence-electron chi connectivity index (χ4n) is 2.71. The van der Waals surface area contributed by atoms with E-state index in [0.29, 0.717) is 5.25 Å². The lowest BCUT2D eigenvalue weighted by Crippen LogP contribution is -2.26. The number of aromatic nitrogens is 2. The van der Waals surface area contributed by atoms with Gasteiger partial charge in [-0.25, -0.2) is 0 Å². The Bertz CT molecular complexity index is 564. The zero-order valence-electron chi connectivity index (χ0n) is 11.7. The molecule has 0 spiro atoms. The Kier molecular flexibility index (Phi) is 3.72. The number of hydrogen-bond donors (Lipinski definition) is 1. The van der Waals surface area contributed by atoms with E-state index in [1.54, 1.807) is 13.3 Å². The first-order valence-corrected chi connectivity index (χ1v) is 7.72. The van der Waals surface area contributed by atoms with Crippen LogP contribution in [-0.4, -0.2) is 22.1 Å². The van der Waals surface area contributed by atoms with Crippen LogP contribution in [0.25, 0.3) is 0 Å². The molecule has 0 saturated carbocycles. The molecule has 2 heterocycles. The van der Waals surface area contributed by atoms with Crippen molar-refractivity contribution < 1.29 is 4.74 Å². The highest BCUT2D eigenvalue weighted by atomic mass is 32.2. The normalized spacial score (nSPS) is 18.9. The highest BCUT2D eigenvalue weighted by Crippen LogP contribution is 2.43. The molecular weight excluding hydrogens is 270 g/mol. The highest BCUT2D eigenvalue weighted by Gasteiger charge is 2.31. The second-order valence-electron chi connectivity index (χ2n) is 4.91. The van der Waals surface area contributed by atoms with Gasteiger partial charge in [-0.1, -0.05) is 18.2 Å². The lowest BCUT2D eigenvalue weighted by Gasteiger charge is -2.20. The molecule has 0 aliphatic carbocycles. The van der Waals surface area contributed by atoms with Gasteiger partial charge in [-0.2, -0.15) is 5.10 Å². The summed E-state index contributed by atoms with van der Waals surface area (Å²) in [7, 11) is 1.67. The van der Waals surface area contributed by atoms with Crippen LogP contribution in [0, 0.1) is 0 Å². The number of nitrogens with two attached hydrogens (primary N) is 1. The number of hydrogen-bond acceptors (Lipinski definition) is 4. The maximum Gasteiger partial charge on any atom is 0.161 e. The number of ether oxygens (including phenoxy) is 1. The number of methoxy groups -OCH3 is 1. The van der Waals surface area contributed by atoms with Gasteiger partial charge in [-0.05, 0) is 25.0 Å². The van der Waals surface area contributed by atoms with Crippen LogP contribution in [0.5, 0.6) is 5.75 Å². The van der Waals surface area contributed by atoms with Gasteiger partial charge < -0.3 is 10.5 Å². The van der Waals surface area contributed by atoms with Gasteiger partial charge in [0, 0.05) is 16.7 Å². The third-order valence-corrected chi connectivity index (χ3v) is 5.17. The Hall–Kier alpha value is -1.46. The molecule has 1 aromatic carbocycles. The van der Waals surface area contributed by atoms with E-state index in [1.807, 2.05) is 16.4 Å². The quantitative estimate of drug-likeness (QED) is 0.940. The van der Waals surface area contributed by atoms with Crippen molar-refractivity contribution in [2.45, 2.75) is 36.1 Å². The van der Waals surface area contributed by atoms with E-state index in [9.17, 15) is 0 Å². The Labute approximate surface area is 123 Å². The van der Waals surface area contributed by atoms with Crippen LogP contribution in [0.15, 0.2) is 35.4 Å². The van der Waals surface area contributed by atoms with E-state index in [2.05, 4.69) is 36.3 Å². The van der Waals surface area contributed by atoms with Gasteiger partial charge in [0.1, 0.15) is 0 Å². The third-order valence-electron chi connectivity index (χ3n) is 3.75. The molecule has 2 N–H and O–H groups in total. The topological polar surface area (TPSA) is 53.1 Å². The predicted octanol–water partition coefficient (Wildman–Crippen LogP) is 2.63. The van der Waals surface area contributed by atoms with E-state index in [1.165, 1.54) is 10.5 Å². The first-order chi connectivity index (χ1) is 9.74. The van der Waals surface area contributed by atoms with E-state index < -0.39 is 0 Å². The van der Waals surface area contributed by atoms with E-state index >= 15 is 0 Å². The minimum atomic E-state index is -0.0789. The number of fused-ring (bicyclic) bond motifs is 1. The monoisotopic (exact) mass is 289 g/mol. The molecule has 1 aliphatic rings. The van der Waals surface area contributed by atoms with E-state index in [4.69, 9.17) is 10.5 Å². The molecule has 2 aromatic rings. The van der Waals surface area contributed by atoms with E-state index in [0.717, 1.165) is 24.4 Å². The summed E-state index contributed by atoms with van der Waals surface area (Å²) in [6, 6.07) is 8.44. The van der Waals surface area contributed by atoms with E-state index in [-0.39, 0.29) is 6.04 Å². The molecule has 4 nitrogen and oxygen atoms in total. The van der Waals surface area contributed by atoms with Gasteiger partial charge in [-0.15, -0.1) is 11.8 Å². The second-order valence-corrected chi connectivity index (χ2v) is 6.19. The van der Waals surface area contributed by atoms with Crippen molar-refractivity contribution in [3.63, 3.8) is 0 Å². The fraction of sp³-hybridized carbons (Fsp3) is 0.400. The molecule has 1 aliphatic heterocycles. The van der Waals surface area contributed by atoms with Crippen molar-refractivity contribution in [2.24, 2.45) is 5.73 Å². The van der Waals surface area contributed by atoms with Crippen LogP contribution in [0.4, 0.5) is 0 Å². The largest absolute Gasteiger partial charge is 0.493 e. The first-order valence-electron chi connectivity index (χ1n) is 6.84. The van der Waals surface area contributed by atoms with Gasteiger partial charge in [-0.3, -0.25) is 4.68 Å². The average Bonchev–Trinajstić information content (AvgIpc) is 3.09. The Morgan fingerprint density at radius 3 is 3.00 bits per heavy atom. The van der Waals surface area contributed by atoms with Gasteiger partial charge in [0.15, 0.2) is 5.75 Å². The summed E-state index contributed by atoms with van der Waals surface area (Å²) in [6.07, 6.45) is 2.76. The molecule has 2 atom stereocenters. The average molecular weight is 289 g/mol. The minimum absolute atomic E-state index is 0.0789. The molecule has 0 amide bonds. The van der Waals surface area contributed by atoms with Gasteiger partial charge >= 0.3 is 0 Å². The van der Waals surface area contributed by atoms with Crippen LogP contribution >= 0.6 is 11.8 Å². The molecule has 1 aromatic heterocycles. The van der Waals surface area contributed by atoms with Gasteiger partial charge in [0.05, 0.1) is 25.0 Å². The molecule has 0 bridgehead atoms. The molecule has 0 fully saturated rings. The van der Waals surface area contributed by atoms with Crippen LogP contribution in [0.1, 0.15) is 24.2 Å². The van der Waals surface area contributed by atoms with Crippen LogP contribution in [0.2, 0.25) is 0 Å². The molecule has 3 rings (SSSR count). The number of thioether (sulfide) groups is 1. The summed E-state index contributed by atoms with van der Waals surface area (Å²) in [5.74, 6) is 0.788. The van der Waals surface area contributed by atoms with Crippen LogP contribution in [0.3, 0.4) is 0 Å². The molecule has 0 saturated heterocycles. The van der Waals surface area contributed by atoms with Crippen LogP contribution < -0.4 is 10.5 Å². The summed E-state index contributed by atoms with van der Waals surface area (Å²) >= 11 is 1.86. The third kappa shape index (κ3) is 2.21. The maximum atomic E-state index is 6.52. The summed E-state index contributed by atoms with van der Waals surface area (Å²) in [4.78, 5) is 1.34. The fourth-order valence-corrected chi connectivity index (χ4v) is 4.03. The minimum Gasteiger partial charge on any atom is -0.493 e. The van der Waals surface area contributed by atoms with Crippen molar-refractivity contribution in [3.05, 3.63) is 41.7 Å². The smallest absolute Gasteiger partial charge is 0.161 e. The maximum absolute atomic E-state index is 6.52. The zero-order chi connectivity index (χ0) is 14.1. The van der Waals surface area contributed by atoms with Gasteiger partial charge in [0.2, 0.25) is 0 Å². The molecule has 2 unspecified atom stereocenters. The number of nitrogens with zero attached hydrogens (tertiary/aromatic N) is 2.